The predicted octanol–water partition coefficient (Wildman–Crippen LogP) is 1.68. The number of nitrogens with zero attached hydrogens (tertiary/aromatic N) is 1. The van der Waals surface area contributed by atoms with E-state index in [9.17, 15) is 4.79 Å². The van der Waals surface area contributed by atoms with Gasteiger partial charge in [-0.25, -0.2) is 4.79 Å². The van der Waals surface area contributed by atoms with Gasteiger partial charge < -0.3 is 9.84 Å². The van der Waals surface area contributed by atoms with Gasteiger partial charge in [0.05, 0.1) is 12.7 Å². The van der Waals surface area contributed by atoms with E-state index in [-0.39, 0.29) is 12.6 Å². The van der Waals surface area contributed by atoms with Crippen molar-refractivity contribution in [2.24, 2.45) is 0 Å². The van der Waals surface area contributed by atoms with E-state index in [2.05, 4.69) is 11.8 Å². The smallest absolute Gasteiger partial charge is 0.337 e. The monoisotopic (exact) mass is 251 g/mol. The van der Waals surface area contributed by atoms with Crippen LogP contribution in [0.3, 0.4) is 0 Å². The van der Waals surface area contributed by atoms with Crippen molar-refractivity contribution in [3.63, 3.8) is 0 Å². The molecule has 0 aromatic heterocycles. The van der Waals surface area contributed by atoms with Crippen LogP contribution in [0.25, 0.3) is 0 Å². The second-order valence-corrected chi connectivity index (χ2v) is 4.14. The van der Waals surface area contributed by atoms with Crippen LogP contribution in [0.15, 0.2) is 24.3 Å². The number of rotatable bonds is 7. The van der Waals surface area contributed by atoms with Gasteiger partial charge in [0, 0.05) is 19.7 Å². The maximum absolute atomic E-state index is 11.4. The highest BCUT2D eigenvalue weighted by Crippen LogP contribution is 2.09. The van der Waals surface area contributed by atoms with Gasteiger partial charge in [0.15, 0.2) is 0 Å². The molecule has 0 unspecified atom stereocenters. The minimum atomic E-state index is -0.310. The quantitative estimate of drug-likeness (QED) is 0.749. The summed E-state index contributed by atoms with van der Waals surface area (Å²) in [6, 6.07) is 7.46. The number of aliphatic hydroxyl groups excluding tert-OH is 1. The third-order valence-corrected chi connectivity index (χ3v) is 2.83. The second kappa shape index (κ2) is 7.84. The molecule has 4 nitrogen and oxygen atoms in total. The summed E-state index contributed by atoms with van der Waals surface area (Å²) >= 11 is 0. The normalized spacial score (nSPS) is 10.7. The van der Waals surface area contributed by atoms with Gasteiger partial charge in [-0.3, -0.25) is 4.90 Å². The molecule has 1 aromatic rings. The minimum absolute atomic E-state index is 0.207. The molecule has 0 saturated heterocycles. The van der Waals surface area contributed by atoms with E-state index in [4.69, 9.17) is 9.84 Å². The number of carbonyl (C=O) groups excluding carboxylic acids is 1. The van der Waals surface area contributed by atoms with Crippen LogP contribution in [0.2, 0.25) is 0 Å². The molecular weight excluding hydrogens is 230 g/mol. The Kier molecular flexibility index (Phi) is 6.39. The highest BCUT2D eigenvalue weighted by atomic mass is 16.5. The number of carbonyl (C=O) groups is 1. The summed E-state index contributed by atoms with van der Waals surface area (Å²) in [5, 5.41) is 8.84. The number of aliphatic hydroxyl groups is 1. The molecule has 1 N–H and O–H groups in total. The lowest BCUT2D eigenvalue weighted by Gasteiger charge is -2.20. The van der Waals surface area contributed by atoms with E-state index < -0.39 is 0 Å². The van der Waals surface area contributed by atoms with Crippen LogP contribution in [0.5, 0.6) is 0 Å². The molecule has 0 spiro atoms. The Morgan fingerprint density at radius 1 is 1.44 bits per heavy atom. The first-order valence-corrected chi connectivity index (χ1v) is 6.21. The molecular formula is C14H21NO3. The zero-order chi connectivity index (χ0) is 13.4. The van der Waals surface area contributed by atoms with Crippen LogP contribution in [-0.4, -0.2) is 42.8 Å². The lowest BCUT2D eigenvalue weighted by atomic mass is 10.1. The summed E-state index contributed by atoms with van der Waals surface area (Å²) in [6.07, 6.45) is 0.768. The summed E-state index contributed by atoms with van der Waals surface area (Å²) < 4.78 is 4.70. The highest BCUT2D eigenvalue weighted by Gasteiger charge is 2.08. The molecule has 0 heterocycles. The Morgan fingerprint density at radius 3 is 2.83 bits per heavy atom. The van der Waals surface area contributed by atoms with Crippen molar-refractivity contribution >= 4 is 5.97 Å². The van der Waals surface area contributed by atoms with E-state index in [0.29, 0.717) is 5.56 Å². The Bertz CT molecular complexity index is 379. The third kappa shape index (κ3) is 4.47. The molecule has 0 aliphatic heterocycles. The van der Waals surface area contributed by atoms with Crippen molar-refractivity contribution in [1.82, 2.24) is 4.90 Å². The maximum atomic E-state index is 11.4. The molecule has 0 radical (unpaired) electrons. The van der Waals surface area contributed by atoms with E-state index >= 15 is 0 Å². The van der Waals surface area contributed by atoms with Gasteiger partial charge in [-0.1, -0.05) is 19.1 Å². The maximum Gasteiger partial charge on any atom is 0.337 e. The van der Waals surface area contributed by atoms with Crippen LogP contribution in [0.1, 0.15) is 29.3 Å². The fourth-order valence-corrected chi connectivity index (χ4v) is 1.82. The van der Waals surface area contributed by atoms with E-state index in [0.717, 1.165) is 31.6 Å². The summed E-state index contributed by atoms with van der Waals surface area (Å²) in [5.41, 5.74) is 1.66. The molecule has 0 atom stereocenters. The van der Waals surface area contributed by atoms with Crippen molar-refractivity contribution < 1.29 is 14.6 Å². The van der Waals surface area contributed by atoms with Crippen LogP contribution in [-0.2, 0) is 11.3 Å². The zero-order valence-corrected chi connectivity index (χ0v) is 11.1. The molecule has 0 aliphatic carbocycles. The molecule has 18 heavy (non-hydrogen) atoms. The Labute approximate surface area is 108 Å². The minimum Gasteiger partial charge on any atom is -0.465 e. The number of esters is 1. The topological polar surface area (TPSA) is 49.8 Å². The van der Waals surface area contributed by atoms with Gasteiger partial charge in [0.25, 0.3) is 0 Å². The summed E-state index contributed by atoms with van der Waals surface area (Å²) in [4.78, 5) is 13.7. The molecule has 0 aliphatic rings. The lowest BCUT2D eigenvalue weighted by Crippen LogP contribution is -2.24. The van der Waals surface area contributed by atoms with Crippen molar-refractivity contribution in [3.8, 4) is 0 Å². The van der Waals surface area contributed by atoms with Gasteiger partial charge in [0.2, 0.25) is 0 Å². The molecule has 100 valence electrons. The highest BCUT2D eigenvalue weighted by molar-refractivity contribution is 5.89. The number of ether oxygens (including phenoxy) is 1. The first-order valence-electron chi connectivity index (χ1n) is 6.21. The van der Waals surface area contributed by atoms with Gasteiger partial charge in [-0.2, -0.15) is 0 Å². The molecule has 0 fully saturated rings. The van der Waals surface area contributed by atoms with E-state index in [1.807, 2.05) is 18.2 Å². The fourth-order valence-electron chi connectivity index (χ4n) is 1.82. The standard InChI is InChI=1S/C14H21NO3/c1-3-15(8-5-9-16)11-12-6-4-7-13(10-12)14(17)18-2/h4,6-7,10,16H,3,5,8-9,11H2,1-2H3. The number of hydrogen-bond donors (Lipinski definition) is 1. The summed E-state index contributed by atoms with van der Waals surface area (Å²) in [5.74, 6) is -0.310. The van der Waals surface area contributed by atoms with Crippen LogP contribution >= 0.6 is 0 Å². The van der Waals surface area contributed by atoms with Crippen LogP contribution in [0.4, 0.5) is 0 Å². The average molecular weight is 251 g/mol. The van der Waals surface area contributed by atoms with E-state index in [1.54, 1.807) is 6.07 Å². The van der Waals surface area contributed by atoms with Crippen LogP contribution < -0.4 is 0 Å². The van der Waals surface area contributed by atoms with Crippen molar-refractivity contribution in [3.05, 3.63) is 35.4 Å². The SMILES string of the molecule is CCN(CCCO)Cc1cccc(C(=O)OC)c1. The predicted molar refractivity (Wildman–Crippen MR) is 70.4 cm³/mol. The number of benzene rings is 1. The van der Waals surface area contributed by atoms with E-state index in [1.165, 1.54) is 7.11 Å². The van der Waals surface area contributed by atoms with Gasteiger partial charge in [-0.15, -0.1) is 0 Å². The number of methoxy groups -OCH3 is 1. The van der Waals surface area contributed by atoms with Gasteiger partial charge in [-0.05, 0) is 30.7 Å². The average Bonchev–Trinajstić information content (AvgIpc) is 2.42. The third-order valence-electron chi connectivity index (χ3n) is 2.83. The molecule has 1 rings (SSSR count). The Balaban J connectivity index is 2.68. The molecule has 1 aromatic carbocycles. The van der Waals surface area contributed by atoms with Crippen molar-refractivity contribution in [2.75, 3.05) is 26.8 Å². The number of hydrogen-bond acceptors (Lipinski definition) is 4. The Morgan fingerprint density at radius 2 is 2.22 bits per heavy atom. The molecule has 0 amide bonds. The van der Waals surface area contributed by atoms with Gasteiger partial charge >= 0.3 is 5.97 Å². The van der Waals surface area contributed by atoms with Crippen LogP contribution in [0, 0.1) is 0 Å². The van der Waals surface area contributed by atoms with Gasteiger partial charge in [0.1, 0.15) is 0 Å². The largest absolute Gasteiger partial charge is 0.465 e. The Hall–Kier alpha value is -1.39. The molecule has 0 saturated carbocycles. The summed E-state index contributed by atoms with van der Waals surface area (Å²) in [6.45, 7) is 4.85. The lowest BCUT2D eigenvalue weighted by molar-refractivity contribution is 0.0600. The van der Waals surface area contributed by atoms with Crippen molar-refractivity contribution in [2.45, 2.75) is 19.9 Å². The van der Waals surface area contributed by atoms with Crippen molar-refractivity contribution in [1.29, 1.82) is 0 Å². The first-order chi connectivity index (χ1) is 8.71. The first kappa shape index (κ1) is 14.7. The summed E-state index contributed by atoms with van der Waals surface area (Å²) in [7, 11) is 1.38. The zero-order valence-electron chi connectivity index (χ0n) is 11.1. The molecule has 4 heteroatoms. The fraction of sp³-hybridized carbons (Fsp3) is 0.500. The molecule has 0 bridgehead atoms. The second-order valence-electron chi connectivity index (χ2n) is 4.14.